The van der Waals surface area contributed by atoms with E-state index in [9.17, 15) is 9.90 Å². The summed E-state index contributed by atoms with van der Waals surface area (Å²) < 4.78 is 0. The molecule has 1 aliphatic rings. The summed E-state index contributed by atoms with van der Waals surface area (Å²) in [5.41, 5.74) is 2.39. The summed E-state index contributed by atoms with van der Waals surface area (Å²) in [6, 6.07) is 7.26. The Labute approximate surface area is 120 Å². The lowest BCUT2D eigenvalue weighted by Crippen LogP contribution is -2.22. The topological polar surface area (TPSA) is 78.0 Å². The first kappa shape index (κ1) is 12.7. The van der Waals surface area contributed by atoms with Gasteiger partial charge in [-0.05, 0) is 18.6 Å². The van der Waals surface area contributed by atoms with Gasteiger partial charge in [-0.1, -0.05) is 29.8 Å². The Kier molecular flexibility index (Phi) is 2.99. The molecule has 2 heterocycles. The molecule has 1 unspecified atom stereocenters. The van der Waals surface area contributed by atoms with Crippen LogP contribution in [0.25, 0.3) is 0 Å². The number of H-pyrrole nitrogens is 1. The van der Waals surface area contributed by atoms with E-state index in [1.165, 1.54) is 0 Å². The number of allylic oxidation sites excluding steroid dienone is 1. The number of fused-ring (bicyclic) bond motifs is 1. The van der Waals surface area contributed by atoms with E-state index in [-0.39, 0.29) is 5.57 Å². The number of carbonyl (C=O) groups is 1. The molecule has 3 N–H and O–H groups in total. The number of hydrogen-bond donors (Lipinski definition) is 3. The molecule has 1 aromatic carbocycles. The molecular weight excluding hydrogens is 278 g/mol. The number of nitrogens with one attached hydrogen (secondary N) is 2. The average Bonchev–Trinajstić information content (AvgIpc) is 2.85. The highest BCUT2D eigenvalue weighted by atomic mass is 35.5. The van der Waals surface area contributed by atoms with Gasteiger partial charge >= 0.3 is 5.97 Å². The van der Waals surface area contributed by atoms with Crippen LogP contribution in [0, 0.1) is 0 Å². The second-order valence-electron chi connectivity index (χ2n) is 4.61. The number of carboxylic acids is 1. The van der Waals surface area contributed by atoms with E-state index in [0.717, 1.165) is 11.1 Å². The van der Waals surface area contributed by atoms with Gasteiger partial charge in [0.15, 0.2) is 5.82 Å². The van der Waals surface area contributed by atoms with Crippen LogP contribution in [0.5, 0.6) is 0 Å². The molecule has 1 aliphatic heterocycles. The number of nitrogens with zero attached hydrogens (tertiary/aromatic N) is 1. The van der Waals surface area contributed by atoms with E-state index in [1.807, 2.05) is 18.2 Å². The summed E-state index contributed by atoms with van der Waals surface area (Å²) in [5.74, 6) is -0.764. The van der Waals surface area contributed by atoms with Crippen LogP contribution < -0.4 is 5.32 Å². The van der Waals surface area contributed by atoms with Crippen molar-refractivity contribution in [2.75, 3.05) is 5.32 Å². The minimum Gasteiger partial charge on any atom is -0.478 e. The number of aromatic nitrogens is 2. The third-order valence-corrected chi connectivity index (χ3v) is 3.77. The van der Waals surface area contributed by atoms with Crippen LogP contribution >= 0.6 is 11.6 Å². The number of hydrogen-bond acceptors (Lipinski definition) is 3. The zero-order valence-corrected chi connectivity index (χ0v) is 11.4. The first-order chi connectivity index (χ1) is 9.59. The molecule has 0 fully saturated rings. The third kappa shape index (κ3) is 1.87. The summed E-state index contributed by atoms with van der Waals surface area (Å²) in [7, 11) is 0. The van der Waals surface area contributed by atoms with Crippen molar-refractivity contribution in [2.45, 2.75) is 12.8 Å². The maximum absolute atomic E-state index is 11.6. The molecule has 0 amide bonds. The highest BCUT2D eigenvalue weighted by molar-refractivity contribution is 6.31. The van der Waals surface area contributed by atoms with Crippen LogP contribution in [0.15, 0.2) is 41.7 Å². The fraction of sp³-hybridized carbons (Fsp3) is 0.143. The summed E-state index contributed by atoms with van der Waals surface area (Å²) in [5, 5.41) is 19.9. The van der Waals surface area contributed by atoms with Crippen molar-refractivity contribution in [3.8, 4) is 0 Å². The largest absolute Gasteiger partial charge is 0.478 e. The number of anilines is 1. The first-order valence-electron chi connectivity index (χ1n) is 6.08. The Bertz CT molecular complexity index is 721. The molecule has 0 bridgehead atoms. The summed E-state index contributed by atoms with van der Waals surface area (Å²) >= 11 is 6.24. The van der Waals surface area contributed by atoms with Crippen LogP contribution in [0.1, 0.15) is 24.0 Å². The van der Waals surface area contributed by atoms with Crippen LogP contribution in [0.2, 0.25) is 5.02 Å². The molecule has 1 atom stereocenters. The van der Waals surface area contributed by atoms with E-state index < -0.39 is 11.9 Å². The molecule has 5 nitrogen and oxygen atoms in total. The molecule has 6 heteroatoms. The van der Waals surface area contributed by atoms with Crippen LogP contribution in [0.4, 0.5) is 5.82 Å². The van der Waals surface area contributed by atoms with E-state index >= 15 is 0 Å². The van der Waals surface area contributed by atoms with E-state index in [1.54, 1.807) is 19.2 Å². The minimum atomic E-state index is -0.966. The van der Waals surface area contributed by atoms with Gasteiger partial charge < -0.3 is 10.4 Å². The van der Waals surface area contributed by atoms with Crippen LogP contribution in [-0.4, -0.2) is 21.3 Å². The van der Waals surface area contributed by atoms with Gasteiger partial charge in [0.05, 0.1) is 5.57 Å². The standard InChI is InChI=1S/C14H12ClN3O2/c1-7-11(14(19)20)12(8-4-2-3-5-10(8)15)9-6-16-18-13(9)17-7/h2-6,12H,1H3,(H,19,20)(H2,16,17,18). The van der Waals surface area contributed by atoms with Gasteiger partial charge in [0.2, 0.25) is 0 Å². The summed E-state index contributed by atoms with van der Waals surface area (Å²) in [6.07, 6.45) is 1.70. The predicted molar refractivity (Wildman–Crippen MR) is 75.8 cm³/mol. The number of aromatic amines is 1. The van der Waals surface area contributed by atoms with Crippen molar-refractivity contribution < 1.29 is 9.90 Å². The third-order valence-electron chi connectivity index (χ3n) is 3.43. The van der Waals surface area contributed by atoms with Crippen LogP contribution in [-0.2, 0) is 4.79 Å². The number of halogens is 1. The summed E-state index contributed by atoms with van der Waals surface area (Å²) in [6.45, 7) is 1.73. The maximum Gasteiger partial charge on any atom is 0.334 e. The molecule has 1 aromatic heterocycles. The van der Waals surface area contributed by atoms with Crippen LogP contribution in [0.3, 0.4) is 0 Å². The molecule has 0 aliphatic carbocycles. The molecule has 0 spiro atoms. The Morgan fingerprint density at radius 2 is 2.10 bits per heavy atom. The van der Waals surface area contributed by atoms with E-state index in [2.05, 4.69) is 15.5 Å². The van der Waals surface area contributed by atoms with Crippen molar-refractivity contribution in [3.05, 3.63) is 57.9 Å². The van der Waals surface area contributed by atoms with Gasteiger partial charge in [0.25, 0.3) is 0 Å². The van der Waals surface area contributed by atoms with Gasteiger partial charge in [-0.3, -0.25) is 5.10 Å². The maximum atomic E-state index is 11.6. The highest BCUT2D eigenvalue weighted by Gasteiger charge is 2.34. The zero-order valence-electron chi connectivity index (χ0n) is 10.6. The minimum absolute atomic E-state index is 0.284. The predicted octanol–water partition coefficient (Wildman–Crippen LogP) is 2.98. The van der Waals surface area contributed by atoms with Gasteiger partial charge in [-0.25, -0.2) is 4.79 Å². The molecule has 3 rings (SSSR count). The molecule has 0 saturated heterocycles. The van der Waals surface area contributed by atoms with Crippen molar-refractivity contribution in [1.29, 1.82) is 0 Å². The normalized spacial score (nSPS) is 17.6. The summed E-state index contributed by atoms with van der Waals surface area (Å²) in [4.78, 5) is 11.6. The van der Waals surface area contributed by atoms with Crippen molar-refractivity contribution in [1.82, 2.24) is 10.2 Å². The Morgan fingerprint density at radius 3 is 2.80 bits per heavy atom. The Balaban J connectivity index is 2.25. The molecule has 2 aromatic rings. The average molecular weight is 290 g/mol. The van der Waals surface area contributed by atoms with E-state index in [4.69, 9.17) is 11.6 Å². The van der Waals surface area contributed by atoms with Gasteiger partial charge in [-0.15, -0.1) is 0 Å². The fourth-order valence-corrected chi connectivity index (χ4v) is 2.80. The van der Waals surface area contributed by atoms with Gasteiger partial charge in [0.1, 0.15) is 0 Å². The number of rotatable bonds is 2. The second kappa shape index (κ2) is 4.68. The van der Waals surface area contributed by atoms with Crippen molar-refractivity contribution in [3.63, 3.8) is 0 Å². The number of carboxylic acid groups (broad SMARTS) is 1. The molecule has 0 radical (unpaired) electrons. The molecule has 0 saturated carbocycles. The lowest BCUT2D eigenvalue weighted by Gasteiger charge is -2.26. The smallest absolute Gasteiger partial charge is 0.334 e. The van der Waals surface area contributed by atoms with Crippen molar-refractivity contribution >= 4 is 23.4 Å². The fourth-order valence-electron chi connectivity index (χ4n) is 2.55. The van der Waals surface area contributed by atoms with E-state index in [0.29, 0.717) is 16.5 Å². The number of aliphatic carboxylic acids is 1. The zero-order chi connectivity index (χ0) is 14.3. The first-order valence-corrected chi connectivity index (χ1v) is 6.46. The Morgan fingerprint density at radius 1 is 1.35 bits per heavy atom. The van der Waals surface area contributed by atoms with Crippen molar-refractivity contribution in [2.24, 2.45) is 0 Å². The van der Waals surface area contributed by atoms with Gasteiger partial charge in [0, 0.05) is 28.4 Å². The monoisotopic (exact) mass is 289 g/mol. The Hall–Kier alpha value is -2.27. The quantitative estimate of drug-likeness (QED) is 0.794. The number of benzene rings is 1. The molecular formula is C14H12ClN3O2. The molecule has 20 heavy (non-hydrogen) atoms. The lowest BCUT2D eigenvalue weighted by molar-refractivity contribution is -0.132. The highest BCUT2D eigenvalue weighted by Crippen LogP contribution is 2.42. The van der Waals surface area contributed by atoms with Gasteiger partial charge in [-0.2, -0.15) is 5.10 Å². The molecule has 102 valence electrons. The second-order valence-corrected chi connectivity index (χ2v) is 5.02. The lowest BCUT2D eigenvalue weighted by atomic mass is 9.83. The SMILES string of the molecule is CC1=C(C(=O)O)C(c2ccccc2Cl)c2c[nH]nc2N1.